The first-order valence-corrected chi connectivity index (χ1v) is 9.47. The van der Waals surface area contributed by atoms with Gasteiger partial charge in [-0.05, 0) is 23.4 Å². The summed E-state index contributed by atoms with van der Waals surface area (Å²) in [5, 5.41) is 13.7. The van der Waals surface area contributed by atoms with E-state index in [1.165, 1.54) is 0 Å². The van der Waals surface area contributed by atoms with E-state index in [1.54, 1.807) is 12.3 Å². The second-order valence-corrected chi connectivity index (χ2v) is 7.02. The van der Waals surface area contributed by atoms with E-state index in [-0.39, 0.29) is 5.56 Å². The van der Waals surface area contributed by atoms with Crippen molar-refractivity contribution in [3.63, 3.8) is 0 Å². The number of nitrogens with zero attached hydrogens (tertiary/aromatic N) is 4. The molecule has 0 spiro atoms. The van der Waals surface area contributed by atoms with Gasteiger partial charge in [0.2, 0.25) is 0 Å². The number of hydrogen-bond donors (Lipinski definition) is 2. The summed E-state index contributed by atoms with van der Waals surface area (Å²) in [5.41, 5.74) is 5.49. The van der Waals surface area contributed by atoms with Crippen LogP contribution in [0.2, 0.25) is 0 Å². The number of nitrogens with one attached hydrogen (secondary N) is 2. The third-order valence-electron chi connectivity index (χ3n) is 5.30. The first kappa shape index (κ1) is 16.6. The molecule has 3 aromatic carbocycles. The molecule has 0 aliphatic rings. The van der Waals surface area contributed by atoms with Gasteiger partial charge >= 0.3 is 0 Å². The number of aromatic nitrogens is 6. The lowest BCUT2D eigenvalue weighted by molar-refractivity contribution is 0.871. The number of H-pyrrole nitrogens is 2. The van der Waals surface area contributed by atoms with Gasteiger partial charge in [-0.3, -0.25) is 4.79 Å². The lowest BCUT2D eigenvalue weighted by Crippen LogP contribution is -2.12. The minimum atomic E-state index is -0.244. The number of para-hydroxylation sites is 3. The highest BCUT2D eigenvalue weighted by Crippen LogP contribution is 2.32. The Balaban J connectivity index is 1.68. The van der Waals surface area contributed by atoms with E-state index in [1.807, 2.05) is 54.6 Å². The molecule has 0 aliphatic carbocycles. The van der Waals surface area contributed by atoms with Gasteiger partial charge in [0.25, 0.3) is 5.56 Å². The SMILES string of the molecule is O=c1[nH]c2cccc(-c3ccnnn3)c2nc1-c1cccc2c1[nH]c1ccccc12. The van der Waals surface area contributed by atoms with Crippen molar-refractivity contribution in [3.8, 4) is 22.5 Å². The molecular formula is C23H14N6O. The molecule has 0 unspecified atom stereocenters. The molecule has 0 amide bonds. The van der Waals surface area contributed by atoms with Gasteiger partial charge in [0.1, 0.15) is 5.69 Å². The van der Waals surface area contributed by atoms with Crippen LogP contribution in [-0.4, -0.2) is 30.4 Å². The summed E-state index contributed by atoms with van der Waals surface area (Å²) < 4.78 is 0. The van der Waals surface area contributed by atoms with Gasteiger partial charge in [0, 0.05) is 27.4 Å². The van der Waals surface area contributed by atoms with Gasteiger partial charge in [0.05, 0.1) is 28.4 Å². The van der Waals surface area contributed by atoms with Crippen LogP contribution in [0.1, 0.15) is 0 Å². The van der Waals surface area contributed by atoms with Crippen molar-refractivity contribution in [2.24, 2.45) is 0 Å². The summed E-state index contributed by atoms with van der Waals surface area (Å²) in [4.78, 5) is 24.2. The maximum Gasteiger partial charge on any atom is 0.275 e. The predicted octanol–water partition coefficient (Wildman–Crippen LogP) is 4.08. The molecule has 0 bridgehead atoms. The zero-order chi connectivity index (χ0) is 20.1. The standard InChI is InChI=1S/C23H14N6O/c30-23-22(16-8-3-6-14-13-5-1-2-9-17(13)25-20(14)16)27-21-15(7-4-10-19(21)26-23)18-11-12-24-29-28-18/h1-12,25H,(H,26,30). The Bertz CT molecular complexity index is 1620. The summed E-state index contributed by atoms with van der Waals surface area (Å²) >= 11 is 0. The fourth-order valence-corrected chi connectivity index (χ4v) is 3.95. The average Bonchev–Trinajstić information content (AvgIpc) is 3.18. The van der Waals surface area contributed by atoms with Crippen LogP contribution in [0, 0.1) is 0 Å². The van der Waals surface area contributed by atoms with Gasteiger partial charge in [-0.25, -0.2) is 4.98 Å². The maximum absolute atomic E-state index is 13.0. The minimum absolute atomic E-state index is 0.244. The second kappa shape index (κ2) is 6.31. The zero-order valence-corrected chi connectivity index (χ0v) is 15.6. The Morgan fingerprint density at radius 3 is 2.43 bits per heavy atom. The van der Waals surface area contributed by atoms with Crippen molar-refractivity contribution in [1.82, 2.24) is 30.4 Å². The quantitative estimate of drug-likeness (QED) is 0.464. The van der Waals surface area contributed by atoms with E-state index in [0.717, 1.165) is 32.9 Å². The molecule has 0 atom stereocenters. The number of benzene rings is 3. The van der Waals surface area contributed by atoms with E-state index >= 15 is 0 Å². The van der Waals surface area contributed by atoms with Crippen molar-refractivity contribution >= 4 is 32.8 Å². The van der Waals surface area contributed by atoms with E-state index in [9.17, 15) is 4.79 Å². The van der Waals surface area contributed by atoms with Crippen LogP contribution in [0.4, 0.5) is 0 Å². The fraction of sp³-hybridized carbons (Fsp3) is 0. The van der Waals surface area contributed by atoms with Crippen molar-refractivity contribution in [2.45, 2.75) is 0 Å². The Hall–Kier alpha value is -4.39. The van der Waals surface area contributed by atoms with Gasteiger partial charge in [-0.2, -0.15) is 0 Å². The highest BCUT2D eigenvalue weighted by Gasteiger charge is 2.16. The molecule has 2 N–H and O–H groups in total. The lowest BCUT2D eigenvalue weighted by atomic mass is 10.1. The number of rotatable bonds is 2. The first-order chi connectivity index (χ1) is 14.8. The molecule has 0 saturated carbocycles. The summed E-state index contributed by atoms with van der Waals surface area (Å²) in [7, 11) is 0. The summed E-state index contributed by atoms with van der Waals surface area (Å²) in [6, 6.07) is 21.4. The average molecular weight is 390 g/mol. The molecule has 30 heavy (non-hydrogen) atoms. The molecule has 7 heteroatoms. The number of hydrogen-bond acceptors (Lipinski definition) is 5. The normalized spacial score (nSPS) is 11.5. The van der Waals surface area contributed by atoms with Gasteiger partial charge in [0.15, 0.2) is 0 Å². The molecule has 7 nitrogen and oxygen atoms in total. The Labute approximate surface area is 169 Å². The van der Waals surface area contributed by atoms with Crippen LogP contribution in [0.25, 0.3) is 55.4 Å². The van der Waals surface area contributed by atoms with Crippen LogP contribution in [0.5, 0.6) is 0 Å². The first-order valence-electron chi connectivity index (χ1n) is 9.47. The molecular weight excluding hydrogens is 376 g/mol. The minimum Gasteiger partial charge on any atom is -0.354 e. The van der Waals surface area contributed by atoms with Gasteiger partial charge in [-0.1, -0.05) is 48.5 Å². The van der Waals surface area contributed by atoms with Gasteiger partial charge in [-0.15, -0.1) is 10.2 Å². The van der Waals surface area contributed by atoms with Crippen molar-refractivity contribution in [1.29, 1.82) is 0 Å². The van der Waals surface area contributed by atoms with E-state index in [4.69, 9.17) is 4.98 Å². The maximum atomic E-state index is 13.0. The Morgan fingerprint density at radius 2 is 1.53 bits per heavy atom. The molecule has 3 heterocycles. The molecule has 6 rings (SSSR count). The molecule has 142 valence electrons. The smallest absolute Gasteiger partial charge is 0.275 e. The highest BCUT2D eigenvalue weighted by molar-refractivity contribution is 6.11. The van der Waals surface area contributed by atoms with E-state index in [2.05, 4.69) is 31.4 Å². The van der Waals surface area contributed by atoms with Crippen molar-refractivity contribution in [3.05, 3.63) is 83.3 Å². The van der Waals surface area contributed by atoms with Crippen molar-refractivity contribution in [2.75, 3.05) is 0 Å². The molecule has 0 fully saturated rings. The van der Waals surface area contributed by atoms with E-state index in [0.29, 0.717) is 22.4 Å². The number of fused-ring (bicyclic) bond motifs is 4. The summed E-state index contributed by atoms with van der Waals surface area (Å²) in [5.74, 6) is 0. The third kappa shape index (κ3) is 2.42. The second-order valence-electron chi connectivity index (χ2n) is 7.02. The molecule has 0 saturated heterocycles. The molecule has 6 aromatic rings. The molecule has 0 radical (unpaired) electrons. The summed E-state index contributed by atoms with van der Waals surface area (Å²) in [6.07, 6.45) is 1.58. The Kier molecular flexibility index (Phi) is 3.48. The zero-order valence-electron chi connectivity index (χ0n) is 15.6. The molecule has 0 aliphatic heterocycles. The van der Waals surface area contributed by atoms with Crippen LogP contribution >= 0.6 is 0 Å². The third-order valence-corrected chi connectivity index (χ3v) is 5.30. The van der Waals surface area contributed by atoms with Crippen molar-refractivity contribution < 1.29 is 0 Å². The fourth-order valence-electron chi connectivity index (χ4n) is 3.95. The van der Waals surface area contributed by atoms with Crippen LogP contribution < -0.4 is 5.56 Å². The number of aromatic amines is 2. The highest BCUT2D eigenvalue weighted by atomic mass is 16.1. The largest absolute Gasteiger partial charge is 0.354 e. The monoisotopic (exact) mass is 390 g/mol. The van der Waals surface area contributed by atoms with Crippen LogP contribution in [0.15, 0.2) is 77.7 Å². The van der Waals surface area contributed by atoms with Crippen LogP contribution in [-0.2, 0) is 0 Å². The Morgan fingerprint density at radius 1 is 0.733 bits per heavy atom. The van der Waals surface area contributed by atoms with Crippen LogP contribution in [0.3, 0.4) is 0 Å². The summed E-state index contributed by atoms with van der Waals surface area (Å²) in [6.45, 7) is 0. The predicted molar refractivity (Wildman–Crippen MR) is 116 cm³/mol. The topological polar surface area (TPSA) is 100 Å². The van der Waals surface area contributed by atoms with E-state index < -0.39 is 0 Å². The molecule has 3 aromatic heterocycles. The van der Waals surface area contributed by atoms with Gasteiger partial charge < -0.3 is 9.97 Å². The lowest BCUT2D eigenvalue weighted by Gasteiger charge is -2.08.